The Morgan fingerprint density at radius 1 is 1.22 bits per heavy atom. The summed E-state index contributed by atoms with van der Waals surface area (Å²) in [5.74, 6) is 0.636. The van der Waals surface area contributed by atoms with Crippen LogP contribution in [0, 0.1) is 5.92 Å². The normalized spacial score (nSPS) is 23.7. The van der Waals surface area contributed by atoms with Crippen LogP contribution in [0.15, 0.2) is 24.3 Å². The third-order valence-corrected chi connectivity index (χ3v) is 9.11. The largest absolute Gasteiger partial charge is 0.351 e. The highest BCUT2D eigenvalue weighted by atomic mass is 35.5. The van der Waals surface area contributed by atoms with E-state index in [9.17, 15) is 13.2 Å². The molecule has 27 heavy (non-hydrogen) atoms. The van der Waals surface area contributed by atoms with Crippen LogP contribution in [-0.2, 0) is 21.2 Å². The summed E-state index contributed by atoms with van der Waals surface area (Å²) in [6, 6.07) is 8.12. The molecule has 8 heteroatoms. The molecule has 0 aliphatic carbocycles. The highest BCUT2D eigenvalue weighted by Crippen LogP contribution is 2.35. The van der Waals surface area contributed by atoms with Crippen LogP contribution in [0.25, 0.3) is 10.1 Å². The average Bonchev–Trinajstić information content (AvgIpc) is 3.19. The fourth-order valence-corrected chi connectivity index (χ4v) is 7.28. The van der Waals surface area contributed by atoms with Gasteiger partial charge in [0.15, 0.2) is 9.84 Å². The fourth-order valence-electron chi connectivity index (χ4n) is 4.08. The van der Waals surface area contributed by atoms with E-state index < -0.39 is 9.84 Å². The second-order valence-corrected chi connectivity index (χ2v) is 11.2. The van der Waals surface area contributed by atoms with E-state index in [1.165, 1.54) is 0 Å². The Labute approximate surface area is 168 Å². The fraction of sp³-hybridized carbons (Fsp3) is 0.526. The monoisotopic (exact) mass is 426 g/mol. The molecule has 0 radical (unpaired) electrons. The Kier molecular flexibility index (Phi) is 5.47. The van der Waals surface area contributed by atoms with Gasteiger partial charge in [-0.05, 0) is 38.4 Å². The number of sulfone groups is 1. The Morgan fingerprint density at radius 3 is 2.63 bits per heavy atom. The first-order chi connectivity index (χ1) is 12.9. The SMILES string of the molecule is O=C(NCc1sc2ccccc2c1Cl)C1CCN([C@H]2CCS(=O)(=O)C2)CC1. The number of hydrogen-bond donors (Lipinski definition) is 1. The van der Waals surface area contributed by atoms with E-state index in [-0.39, 0.29) is 23.6 Å². The van der Waals surface area contributed by atoms with Gasteiger partial charge in [0.05, 0.1) is 23.1 Å². The van der Waals surface area contributed by atoms with Crippen molar-refractivity contribution in [1.82, 2.24) is 10.2 Å². The van der Waals surface area contributed by atoms with Crippen molar-refractivity contribution in [1.29, 1.82) is 0 Å². The number of benzene rings is 1. The summed E-state index contributed by atoms with van der Waals surface area (Å²) in [6.45, 7) is 2.04. The summed E-state index contributed by atoms with van der Waals surface area (Å²) in [5, 5.41) is 4.81. The molecule has 1 N–H and O–H groups in total. The maximum absolute atomic E-state index is 12.6. The van der Waals surface area contributed by atoms with Crippen LogP contribution in [-0.4, -0.2) is 49.9 Å². The molecule has 2 saturated heterocycles. The van der Waals surface area contributed by atoms with Crippen molar-refractivity contribution in [3.63, 3.8) is 0 Å². The molecule has 0 saturated carbocycles. The molecular weight excluding hydrogens is 404 g/mol. The van der Waals surface area contributed by atoms with Crippen LogP contribution < -0.4 is 5.32 Å². The Hall–Kier alpha value is -1.15. The second kappa shape index (κ2) is 7.70. The van der Waals surface area contributed by atoms with Gasteiger partial charge in [-0.1, -0.05) is 29.8 Å². The molecular formula is C19H23ClN2O3S2. The first-order valence-electron chi connectivity index (χ1n) is 9.31. The zero-order valence-electron chi connectivity index (χ0n) is 15.0. The first-order valence-corrected chi connectivity index (χ1v) is 12.3. The average molecular weight is 427 g/mol. The highest BCUT2D eigenvalue weighted by Gasteiger charge is 2.35. The van der Waals surface area contributed by atoms with Crippen LogP contribution in [0.4, 0.5) is 0 Å². The standard InChI is InChI=1S/C19H23ClN2O3S2/c20-18-15-3-1-2-4-16(15)26-17(18)11-21-19(23)13-5-8-22(9-6-13)14-7-10-27(24,25)12-14/h1-4,13-14H,5-12H2,(H,21,23)/t14-/m0/s1. The van der Waals surface area contributed by atoms with Crippen molar-refractivity contribution >= 4 is 48.8 Å². The molecule has 146 valence electrons. The Bertz CT molecular complexity index is 949. The molecule has 5 nitrogen and oxygen atoms in total. The maximum atomic E-state index is 12.6. The number of fused-ring (bicyclic) bond motifs is 1. The summed E-state index contributed by atoms with van der Waals surface area (Å²) in [5.41, 5.74) is 0. The van der Waals surface area contributed by atoms with E-state index in [1.54, 1.807) is 11.3 Å². The number of nitrogens with one attached hydrogen (secondary N) is 1. The Morgan fingerprint density at radius 2 is 1.96 bits per heavy atom. The number of halogens is 1. The van der Waals surface area contributed by atoms with Gasteiger partial charge in [-0.25, -0.2) is 8.42 Å². The number of nitrogens with zero attached hydrogens (tertiary/aromatic N) is 1. The van der Waals surface area contributed by atoms with Gasteiger partial charge in [0.25, 0.3) is 0 Å². The minimum Gasteiger partial charge on any atom is -0.351 e. The number of carbonyl (C=O) groups is 1. The number of thiophene rings is 1. The van der Waals surface area contributed by atoms with Crippen molar-refractivity contribution in [3.05, 3.63) is 34.2 Å². The van der Waals surface area contributed by atoms with E-state index in [1.807, 2.05) is 24.3 Å². The molecule has 3 heterocycles. The Balaban J connectivity index is 1.30. The van der Waals surface area contributed by atoms with E-state index in [0.29, 0.717) is 12.3 Å². The van der Waals surface area contributed by atoms with E-state index in [0.717, 1.165) is 52.3 Å². The predicted molar refractivity (Wildman–Crippen MR) is 110 cm³/mol. The van der Waals surface area contributed by atoms with E-state index in [4.69, 9.17) is 11.6 Å². The topological polar surface area (TPSA) is 66.5 Å². The molecule has 1 aromatic heterocycles. The zero-order chi connectivity index (χ0) is 19.0. The van der Waals surface area contributed by atoms with E-state index in [2.05, 4.69) is 10.2 Å². The summed E-state index contributed by atoms with van der Waals surface area (Å²) in [6.07, 6.45) is 2.29. The second-order valence-electron chi connectivity index (χ2n) is 7.42. The van der Waals surface area contributed by atoms with Crippen molar-refractivity contribution in [2.75, 3.05) is 24.6 Å². The lowest BCUT2D eigenvalue weighted by atomic mass is 9.94. The maximum Gasteiger partial charge on any atom is 0.223 e. The number of piperidine rings is 1. The van der Waals surface area contributed by atoms with Gasteiger partial charge in [0.2, 0.25) is 5.91 Å². The summed E-state index contributed by atoms with van der Waals surface area (Å²) < 4.78 is 24.5. The van der Waals surface area contributed by atoms with Crippen LogP contribution in [0.5, 0.6) is 0 Å². The van der Waals surface area contributed by atoms with Crippen LogP contribution in [0.2, 0.25) is 5.02 Å². The smallest absolute Gasteiger partial charge is 0.223 e. The number of amides is 1. The minimum atomic E-state index is -2.86. The molecule has 0 unspecified atom stereocenters. The molecule has 2 aromatic rings. The molecule has 2 fully saturated rings. The van der Waals surface area contributed by atoms with Crippen LogP contribution in [0.3, 0.4) is 0 Å². The van der Waals surface area contributed by atoms with Crippen molar-refractivity contribution in [2.24, 2.45) is 5.92 Å². The van der Waals surface area contributed by atoms with E-state index >= 15 is 0 Å². The summed E-state index contributed by atoms with van der Waals surface area (Å²) >= 11 is 8.06. The van der Waals surface area contributed by atoms with Crippen LogP contribution >= 0.6 is 22.9 Å². The summed E-state index contributed by atoms with van der Waals surface area (Å²) in [4.78, 5) is 15.8. The van der Waals surface area contributed by atoms with Gasteiger partial charge in [-0.3, -0.25) is 9.69 Å². The van der Waals surface area contributed by atoms with Gasteiger partial charge in [-0.2, -0.15) is 0 Å². The molecule has 4 rings (SSSR count). The van der Waals surface area contributed by atoms with Gasteiger partial charge in [0, 0.05) is 26.9 Å². The third kappa shape index (κ3) is 4.16. The van der Waals surface area contributed by atoms with Crippen LogP contribution in [0.1, 0.15) is 24.1 Å². The summed E-state index contributed by atoms with van der Waals surface area (Å²) in [7, 11) is -2.86. The van der Waals surface area contributed by atoms with Gasteiger partial charge in [-0.15, -0.1) is 11.3 Å². The van der Waals surface area contributed by atoms with Crippen molar-refractivity contribution in [3.8, 4) is 0 Å². The molecule has 1 amide bonds. The lowest BCUT2D eigenvalue weighted by Gasteiger charge is -2.34. The molecule has 1 atom stereocenters. The molecule has 0 spiro atoms. The number of hydrogen-bond acceptors (Lipinski definition) is 5. The highest BCUT2D eigenvalue weighted by molar-refractivity contribution is 7.91. The zero-order valence-corrected chi connectivity index (χ0v) is 17.4. The van der Waals surface area contributed by atoms with Crippen molar-refractivity contribution in [2.45, 2.75) is 31.8 Å². The molecule has 2 aliphatic rings. The third-order valence-electron chi connectivity index (χ3n) is 5.65. The van der Waals surface area contributed by atoms with Gasteiger partial charge >= 0.3 is 0 Å². The molecule has 1 aromatic carbocycles. The quantitative estimate of drug-likeness (QED) is 0.815. The number of carbonyl (C=O) groups excluding carboxylic acids is 1. The number of likely N-dealkylation sites (tertiary alicyclic amines) is 1. The molecule has 2 aliphatic heterocycles. The number of rotatable bonds is 4. The van der Waals surface area contributed by atoms with Crippen molar-refractivity contribution < 1.29 is 13.2 Å². The minimum absolute atomic E-state index is 0.00702. The lowest BCUT2D eigenvalue weighted by molar-refractivity contribution is -0.126. The lowest BCUT2D eigenvalue weighted by Crippen LogP contribution is -2.45. The first kappa shape index (κ1) is 19.2. The van der Waals surface area contributed by atoms with Gasteiger partial charge in [0.1, 0.15) is 0 Å². The predicted octanol–water partition coefficient (Wildman–Crippen LogP) is 3.07. The molecule has 0 bridgehead atoms. The van der Waals surface area contributed by atoms with Gasteiger partial charge < -0.3 is 5.32 Å².